The van der Waals surface area contributed by atoms with Crippen LogP contribution in [0.25, 0.3) is 10.5 Å². The van der Waals surface area contributed by atoms with Crippen molar-refractivity contribution in [3.63, 3.8) is 0 Å². The molecule has 1 aliphatic carbocycles. The van der Waals surface area contributed by atoms with E-state index in [0.29, 0.717) is 17.3 Å². The molecule has 0 saturated heterocycles. The first-order chi connectivity index (χ1) is 12.2. The van der Waals surface area contributed by atoms with Crippen LogP contribution in [-0.2, 0) is 0 Å². The predicted octanol–water partition coefficient (Wildman–Crippen LogP) is 2.52. The van der Waals surface area contributed by atoms with Crippen molar-refractivity contribution in [3.8, 4) is 5.69 Å². The van der Waals surface area contributed by atoms with Crippen LogP contribution < -0.4 is 5.73 Å². The highest BCUT2D eigenvalue weighted by Gasteiger charge is 2.33. The minimum atomic E-state index is -0.832. The molecule has 3 N–H and O–H groups in total. The van der Waals surface area contributed by atoms with E-state index in [1.54, 1.807) is 28.5 Å². The molecule has 7 nitrogen and oxygen atoms in total. The molecule has 0 aliphatic heterocycles. The first-order valence-corrected chi connectivity index (χ1v) is 8.93. The Balaban J connectivity index is 1.55. The highest BCUT2D eigenvalue weighted by molar-refractivity contribution is 7.17. The second-order valence-electron chi connectivity index (χ2n) is 6.31. The lowest BCUT2D eigenvalue weighted by Gasteiger charge is -2.09. The fourth-order valence-electron chi connectivity index (χ4n) is 3.02. The van der Waals surface area contributed by atoms with Gasteiger partial charge in [-0.05, 0) is 43.0 Å². The molecule has 0 amide bonds. The van der Waals surface area contributed by atoms with Gasteiger partial charge in [0.15, 0.2) is 0 Å². The molecule has 4 aromatic rings. The van der Waals surface area contributed by atoms with Gasteiger partial charge in [0.25, 0.3) is 0 Å². The van der Waals surface area contributed by atoms with Crippen LogP contribution in [-0.4, -0.2) is 29.5 Å². The van der Waals surface area contributed by atoms with E-state index in [0.717, 1.165) is 16.2 Å². The topological polar surface area (TPSA) is 94.3 Å². The monoisotopic (exact) mass is 352 g/mol. The van der Waals surface area contributed by atoms with Gasteiger partial charge in [0, 0.05) is 10.6 Å². The molecular weight excluding hydrogens is 336 g/mol. The van der Waals surface area contributed by atoms with Crippen molar-refractivity contribution < 1.29 is 5.11 Å². The summed E-state index contributed by atoms with van der Waals surface area (Å²) < 4.78 is 3.61. The molecule has 5 rings (SSSR count). The van der Waals surface area contributed by atoms with Crippen LogP contribution >= 0.6 is 11.3 Å². The van der Waals surface area contributed by atoms with Crippen molar-refractivity contribution in [1.29, 1.82) is 0 Å². The van der Waals surface area contributed by atoms with Gasteiger partial charge in [-0.3, -0.25) is 4.40 Å². The van der Waals surface area contributed by atoms with Crippen LogP contribution in [0.3, 0.4) is 0 Å². The Hall–Kier alpha value is -2.71. The number of fused-ring (bicyclic) bond motifs is 1. The number of nitrogens with zero attached hydrogens (tertiary/aromatic N) is 5. The third kappa shape index (κ3) is 2.41. The van der Waals surface area contributed by atoms with Crippen LogP contribution in [0.1, 0.15) is 41.1 Å². The number of thiazole rings is 1. The van der Waals surface area contributed by atoms with Gasteiger partial charge in [-0.2, -0.15) is 0 Å². The molecule has 0 radical (unpaired) electrons. The zero-order chi connectivity index (χ0) is 17.0. The van der Waals surface area contributed by atoms with E-state index in [2.05, 4.69) is 15.3 Å². The molecule has 1 saturated carbocycles. The quantitative estimate of drug-likeness (QED) is 0.550. The lowest BCUT2D eigenvalue weighted by Crippen LogP contribution is -2.06. The number of anilines is 1. The first kappa shape index (κ1) is 14.6. The average molecular weight is 352 g/mol. The Labute approximate surface area is 147 Å². The normalized spacial score (nSPS) is 15.7. The zero-order valence-corrected chi connectivity index (χ0v) is 14.1. The van der Waals surface area contributed by atoms with E-state index in [9.17, 15) is 5.11 Å². The number of benzene rings is 1. The van der Waals surface area contributed by atoms with Gasteiger partial charge in [-0.25, -0.2) is 9.67 Å². The number of nitrogens with two attached hydrogens (primary N) is 1. The highest BCUT2D eigenvalue weighted by atomic mass is 32.1. The number of aromatic nitrogens is 5. The number of aliphatic hydroxyl groups excluding tert-OH is 1. The van der Waals surface area contributed by atoms with Gasteiger partial charge >= 0.3 is 0 Å². The molecule has 25 heavy (non-hydrogen) atoms. The maximum atomic E-state index is 11.0. The minimum absolute atomic E-state index is 0.520. The number of hydrogen-bond acceptors (Lipinski definition) is 6. The largest absolute Gasteiger partial charge is 0.399 e. The Morgan fingerprint density at radius 1 is 1.24 bits per heavy atom. The van der Waals surface area contributed by atoms with Gasteiger partial charge in [0.05, 0.1) is 23.8 Å². The van der Waals surface area contributed by atoms with Crippen molar-refractivity contribution in [2.24, 2.45) is 0 Å². The van der Waals surface area contributed by atoms with Gasteiger partial charge in [-0.15, -0.1) is 16.4 Å². The summed E-state index contributed by atoms with van der Waals surface area (Å²) in [6.07, 6.45) is 6.86. The lowest BCUT2D eigenvalue weighted by atomic mass is 10.1. The summed E-state index contributed by atoms with van der Waals surface area (Å²) >= 11 is 1.70. The highest BCUT2D eigenvalue weighted by Crippen LogP contribution is 2.47. The summed E-state index contributed by atoms with van der Waals surface area (Å²) in [5.74, 6) is 0.543. The lowest BCUT2D eigenvalue weighted by molar-refractivity contribution is 0.208. The van der Waals surface area contributed by atoms with Gasteiger partial charge in [0.1, 0.15) is 23.0 Å². The van der Waals surface area contributed by atoms with Crippen LogP contribution in [0, 0.1) is 0 Å². The predicted molar refractivity (Wildman–Crippen MR) is 94.9 cm³/mol. The maximum Gasteiger partial charge on any atom is 0.141 e. The van der Waals surface area contributed by atoms with E-state index >= 15 is 0 Å². The second kappa shape index (κ2) is 5.40. The molecule has 1 atom stereocenters. The minimum Gasteiger partial charge on any atom is -0.399 e. The van der Waals surface area contributed by atoms with E-state index in [-0.39, 0.29) is 0 Å². The molecule has 1 unspecified atom stereocenters. The molecule has 1 fully saturated rings. The van der Waals surface area contributed by atoms with Crippen molar-refractivity contribution in [2.45, 2.75) is 24.9 Å². The Morgan fingerprint density at radius 2 is 2.04 bits per heavy atom. The second-order valence-corrected chi connectivity index (χ2v) is 7.37. The number of rotatable bonds is 4. The average Bonchev–Trinajstić information content (AvgIpc) is 3.04. The first-order valence-electron chi connectivity index (χ1n) is 8.11. The van der Waals surface area contributed by atoms with E-state index in [4.69, 9.17) is 5.73 Å². The fraction of sp³-hybridized carbons (Fsp3) is 0.235. The van der Waals surface area contributed by atoms with E-state index in [1.807, 2.05) is 34.9 Å². The van der Waals surface area contributed by atoms with Crippen molar-refractivity contribution >= 4 is 21.9 Å². The standard InChI is InChI=1S/C17H16N6OS/c18-11-3-5-12(6-4-11)23-8-13(20-21-23)16(24)15-17(10-1-2-10)25-14-7-19-9-22(14)15/h3-10,16,24H,1-2,18H2. The van der Waals surface area contributed by atoms with Crippen LogP contribution in [0.15, 0.2) is 43.0 Å². The Morgan fingerprint density at radius 3 is 2.80 bits per heavy atom. The summed E-state index contributed by atoms with van der Waals surface area (Å²) in [5, 5.41) is 19.3. The number of aliphatic hydroxyl groups is 1. The van der Waals surface area contributed by atoms with E-state index in [1.165, 1.54) is 17.7 Å². The third-order valence-electron chi connectivity index (χ3n) is 4.49. The van der Waals surface area contributed by atoms with Gasteiger partial charge in [0.2, 0.25) is 0 Å². The molecular formula is C17H16N6OS. The fourth-order valence-corrected chi connectivity index (χ4v) is 4.32. The van der Waals surface area contributed by atoms with E-state index < -0.39 is 6.10 Å². The van der Waals surface area contributed by atoms with Gasteiger partial charge < -0.3 is 10.8 Å². The summed E-state index contributed by atoms with van der Waals surface area (Å²) in [7, 11) is 0. The Bertz CT molecular complexity index is 1040. The van der Waals surface area contributed by atoms with Crippen molar-refractivity contribution in [1.82, 2.24) is 24.4 Å². The van der Waals surface area contributed by atoms with Crippen LogP contribution in [0.2, 0.25) is 0 Å². The van der Waals surface area contributed by atoms with Crippen LogP contribution in [0.5, 0.6) is 0 Å². The smallest absolute Gasteiger partial charge is 0.141 e. The molecule has 126 valence electrons. The third-order valence-corrected chi connectivity index (χ3v) is 5.76. The molecule has 3 heterocycles. The number of nitrogen functional groups attached to an aromatic ring is 1. The summed E-state index contributed by atoms with van der Waals surface area (Å²) in [4.78, 5) is 6.46. The number of hydrogen-bond donors (Lipinski definition) is 2. The SMILES string of the molecule is Nc1ccc(-n2cc(C(O)c3c(C4CC4)sc4cncn34)nn2)cc1. The van der Waals surface area contributed by atoms with Crippen molar-refractivity contribution in [3.05, 3.63) is 59.3 Å². The molecule has 3 aromatic heterocycles. The molecule has 0 spiro atoms. The Kier molecular flexibility index (Phi) is 3.16. The zero-order valence-electron chi connectivity index (χ0n) is 13.3. The summed E-state index contributed by atoms with van der Waals surface area (Å²) in [6.45, 7) is 0. The molecule has 1 aromatic carbocycles. The maximum absolute atomic E-state index is 11.0. The number of imidazole rings is 1. The molecule has 8 heteroatoms. The summed E-state index contributed by atoms with van der Waals surface area (Å²) in [6, 6.07) is 7.36. The summed E-state index contributed by atoms with van der Waals surface area (Å²) in [5.41, 5.74) is 8.65. The molecule has 0 bridgehead atoms. The molecule has 1 aliphatic rings. The van der Waals surface area contributed by atoms with Gasteiger partial charge in [-0.1, -0.05) is 5.21 Å². The van der Waals surface area contributed by atoms with Crippen LogP contribution in [0.4, 0.5) is 5.69 Å². The van der Waals surface area contributed by atoms with Crippen molar-refractivity contribution in [2.75, 3.05) is 5.73 Å².